The summed E-state index contributed by atoms with van der Waals surface area (Å²) < 4.78 is 21.4. The van der Waals surface area contributed by atoms with Crippen molar-refractivity contribution in [3.8, 4) is 11.5 Å². The molecule has 1 aliphatic carbocycles. The predicted octanol–water partition coefficient (Wildman–Crippen LogP) is 4.51. The van der Waals surface area contributed by atoms with Crippen molar-refractivity contribution in [2.75, 3.05) is 5.32 Å². The van der Waals surface area contributed by atoms with E-state index in [1.165, 1.54) is 12.5 Å². The third kappa shape index (κ3) is 3.44. The zero-order valence-electron chi connectivity index (χ0n) is 16.3. The Morgan fingerprint density at radius 3 is 2.71 bits per heavy atom. The molecule has 2 aromatic heterocycles. The molecule has 1 aromatic carbocycles. The number of halogens is 1. The van der Waals surface area contributed by atoms with Crippen molar-refractivity contribution < 1.29 is 13.6 Å². The van der Waals surface area contributed by atoms with Crippen molar-refractivity contribution in [1.82, 2.24) is 14.8 Å². The molecule has 0 unspecified atom stereocenters. The normalized spacial score (nSPS) is 14.1. The Hall–Kier alpha value is -2.96. The Morgan fingerprint density at radius 1 is 1.25 bits per heavy atom. The Balaban J connectivity index is 1.51. The molecule has 6 nitrogen and oxygen atoms in total. The SMILES string of the molecule is Cc1ccc(NC(=O)Cn2c(C)cc(-c3nnc(C4CCC4)o3)c2C)cc1F. The van der Waals surface area contributed by atoms with Crippen LogP contribution in [0.1, 0.15) is 48.0 Å². The Bertz CT molecular complexity index is 1030. The van der Waals surface area contributed by atoms with Gasteiger partial charge in [-0.2, -0.15) is 0 Å². The quantitative estimate of drug-likeness (QED) is 0.705. The second-order valence-corrected chi connectivity index (χ2v) is 7.46. The Kier molecular flexibility index (Phi) is 4.75. The highest BCUT2D eigenvalue weighted by atomic mass is 19.1. The number of carbonyl (C=O) groups is 1. The van der Waals surface area contributed by atoms with Gasteiger partial charge in [-0.25, -0.2) is 4.39 Å². The van der Waals surface area contributed by atoms with Crippen LogP contribution in [-0.2, 0) is 11.3 Å². The van der Waals surface area contributed by atoms with Crippen LogP contribution < -0.4 is 5.32 Å². The van der Waals surface area contributed by atoms with Gasteiger partial charge < -0.3 is 14.3 Å². The summed E-state index contributed by atoms with van der Waals surface area (Å²) in [6.45, 7) is 5.66. The summed E-state index contributed by atoms with van der Waals surface area (Å²) in [5.41, 5.74) is 3.62. The number of aryl methyl sites for hydroxylation is 2. The van der Waals surface area contributed by atoms with Crippen LogP contribution in [0.4, 0.5) is 10.1 Å². The van der Waals surface area contributed by atoms with E-state index in [4.69, 9.17) is 4.42 Å². The van der Waals surface area contributed by atoms with Gasteiger partial charge >= 0.3 is 0 Å². The molecule has 146 valence electrons. The van der Waals surface area contributed by atoms with Gasteiger partial charge in [0, 0.05) is 23.0 Å². The van der Waals surface area contributed by atoms with Crippen molar-refractivity contribution in [3.63, 3.8) is 0 Å². The molecule has 0 radical (unpaired) electrons. The number of amides is 1. The number of carbonyl (C=O) groups excluding carboxylic acids is 1. The zero-order valence-corrected chi connectivity index (χ0v) is 16.3. The number of hydrogen-bond donors (Lipinski definition) is 1. The van der Waals surface area contributed by atoms with E-state index in [2.05, 4.69) is 15.5 Å². The molecule has 7 heteroatoms. The van der Waals surface area contributed by atoms with Crippen molar-refractivity contribution in [2.45, 2.75) is 52.5 Å². The fourth-order valence-corrected chi connectivity index (χ4v) is 3.44. The average molecular weight is 382 g/mol. The molecule has 0 atom stereocenters. The zero-order chi connectivity index (χ0) is 19.8. The first kappa shape index (κ1) is 18.4. The lowest BCUT2D eigenvalue weighted by Crippen LogP contribution is -2.20. The van der Waals surface area contributed by atoms with E-state index in [0.29, 0.717) is 29.0 Å². The maximum Gasteiger partial charge on any atom is 0.249 e. The molecule has 1 fully saturated rings. The molecule has 0 saturated heterocycles. The van der Waals surface area contributed by atoms with Gasteiger partial charge in [-0.1, -0.05) is 12.5 Å². The molecular formula is C21H23FN4O2. The molecular weight excluding hydrogens is 359 g/mol. The lowest BCUT2D eigenvalue weighted by atomic mass is 9.85. The highest BCUT2D eigenvalue weighted by Gasteiger charge is 2.26. The van der Waals surface area contributed by atoms with Crippen LogP contribution in [0.3, 0.4) is 0 Å². The summed E-state index contributed by atoms with van der Waals surface area (Å²) in [7, 11) is 0. The first-order valence-corrected chi connectivity index (χ1v) is 9.49. The van der Waals surface area contributed by atoms with Gasteiger partial charge in [-0.3, -0.25) is 4.79 Å². The van der Waals surface area contributed by atoms with E-state index in [-0.39, 0.29) is 18.3 Å². The average Bonchev–Trinajstić information content (AvgIpc) is 3.17. The lowest BCUT2D eigenvalue weighted by Gasteiger charge is -2.20. The standard InChI is InChI=1S/C21H23FN4O2/c1-12-7-8-16(10-18(12)22)23-19(27)11-26-13(2)9-17(14(26)3)21-25-24-20(28-21)15-5-4-6-15/h7-10,15H,4-6,11H2,1-3H3,(H,23,27). The van der Waals surface area contributed by atoms with Crippen molar-refractivity contribution in [2.24, 2.45) is 0 Å². The molecule has 0 aliphatic heterocycles. The number of rotatable bonds is 5. The second-order valence-electron chi connectivity index (χ2n) is 7.46. The summed E-state index contributed by atoms with van der Waals surface area (Å²) in [6.07, 6.45) is 3.40. The Morgan fingerprint density at radius 2 is 2.04 bits per heavy atom. The van der Waals surface area contributed by atoms with Gasteiger partial charge in [-0.05, 0) is 57.4 Å². The van der Waals surface area contributed by atoms with Crippen LogP contribution >= 0.6 is 0 Å². The van der Waals surface area contributed by atoms with E-state index in [0.717, 1.165) is 29.8 Å². The number of aromatic nitrogens is 3. The smallest absolute Gasteiger partial charge is 0.249 e. The third-order valence-corrected chi connectivity index (χ3v) is 5.46. The summed E-state index contributed by atoms with van der Waals surface area (Å²) >= 11 is 0. The number of anilines is 1. The first-order valence-electron chi connectivity index (χ1n) is 9.49. The number of hydrogen-bond acceptors (Lipinski definition) is 4. The molecule has 1 N–H and O–H groups in total. The maximum absolute atomic E-state index is 13.7. The molecule has 1 amide bonds. The minimum absolute atomic E-state index is 0.122. The predicted molar refractivity (Wildman–Crippen MR) is 104 cm³/mol. The summed E-state index contributed by atoms with van der Waals surface area (Å²) in [5, 5.41) is 11.1. The molecule has 2 heterocycles. The van der Waals surface area contributed by atoms with Gasteiger partial charge in [0.05, 0.1) is 5.56 Å². The van der Waals surface area contributed by atoms with Crippen molar-refractivity contribution in [1.29, 1.82) is 0 Å². The number of benzene rings is 1. The van der Waals surface area contributed by atoms with Crippen molar-refractivity contribution >= 4 is 11.6 Å². The number of nitrogens with one attached hydrogen (secondary N) is 1. The van der Waals surface area contributed by atoms with Crippen molar-refractivity contribution in [3.05, 3.63) is 52.9 Å². The highest BCUT2D eigenvalue weighted by molar-refractivity contribution is 5.90. The van der Waals surface area contributed by atoms with Gasteiger partial charge in [0.2, 0.25) is 17.7 Å². The van der Waals surface area contributed by atoms with Gasteiger partial charge in [0.15, 0.2) is 0 Å². The lowest BCUT2D eigenvalue weighted by molar-refractivity contribution is -0.116. The number of nitrogens with zero attached hydrogens (tertiary/aromatic N) is 3. The molecule has 4 rings (SSSR count). The van der Waals surface area contributed by atoms with Crippen LogP contribution in [-0.4, -0.2) is 20.7 Å². The van der Waals surface area contributed by atoms with E-state index < -0.39 is 0 Å². The molecule has 0 spiro atoms. The van der Waals surface area contributed by atoms with Crippen LogP contribution in [0.2, 0.25) is 0 Å². The van der Waals surface area contributed by atoms with E-state index in [1.54, 1.807) is 19.1 Å². The highest BCUT2D eigenvalue weighted by Crippen LogP contribution is 2.37. The third-order valence-electron chi connectivity index (χ3n) is 5.46. The first-order chi connectivity index (χ1) is 13.4. The van der Waals surface area contributed by atoms with Gasteiger partial charge in [0.1, 0.15) is 12.4 Å². The molecule has 3 aromatic rings. The molecule has 0 bridgehead atoms. The van der Waals surface area contributed by atoms with E-state index in [9.17, 15) is 9.18 Å². The maximum atomic E-state index is 13.7. The van der Waals surface area contributed by atoms with E-state index >= 15 is 0 Å². The molecule has 1 saturated carbocycles. The fraction of sp³-hybridized carbons (Fsp3) is 0.381. The fourth-order valence-electron chi connectivity index (χ4n) is 3.44. The largest absolute Gasteiger partial charge is 0.420 e. The van der Waals surface area contributed by atoms with Crippen LogP contribution in [0.25, 0.3) is 11.5 Å². The van der Waals surface area contributed by atoms with Crippen LogP contribution in [0.5, 0.6) is 0 Å². The van der Waals surface area contributed by atoms with Crippen LogP contribution in [0.15, 0.2) is 28.7 Å². The second kappa shape index (κ2) is 7.22. The van der Waals surface area contributed by atoms with Gasteiger partial charge in [-0.15, -0.1) is 10.2 Å². The minimum atomic E-state index is -0.341. The Labute approximate surface area is 162 Å². The monoisotopic (exact) mass is 382 g/mol. The van der Waals surface area contributed by atoms with Crippen LogP contribution in [0, 0.1) is 26.6 Å². The van der Waals surface area contributed by atoms with Gasteiger partial charge in [0.25, 0.3) is 0 Å². The molecule has 28 heavy (non-hydrogen) atoms. The minimum Gasteiger partial charge on any atom is -0.420 e. The van der Waals surface area contributed by atoms with E-state index in [1.807, 2.05) is 24.5 Å². The summed E-state index contributed by atoms with van der Waals surface area (Å²) in [4.78, 5) is 12.5. The summed E-state index contributed by atoms with van der Waals surface area (Å²) in [5.74, 6) is 1.00. The molecule has 1 aliphatic rings. The topological polar surface area (TPSA) is 73.0 Å². The summed E-state index contributed by atoms with van der Waals surface area (Å²) in [6, 6.07) is 6.61.